The number of amides is 5. The molecule has 4 atom stereocenters. The zero-order chi connectivity index (χ0) is 38.5. The highest BCUT2D eigenvalue weighted by Crippen LogP contribution is 2.35. The first-order valence-corrected chi connectivity index (χ1v) is 18.7. The van der Waals surface area contributed by atoms with E-state index in [0.29, 0.717) is 12.2 Å². The number of hydrogen-bond donors (Lipinski definition) is 4. The summed E-state index contributed by atoms with van der Waals surface area (Å²) >= 11 is 0. The van der Waals surface area contributed by atoms with Gasteiger partial charge in [-0.05, 0) is 64.0 Å². The molecule has 0 bridgehead atoms. The number of alkyl carbamates (subject to hydrolysis) is 1. The Bertz CT molecular complexity index is 1590. The van der Waals surface area contributed by atoms with Crippen molar-refractivity contribution in [2.75, 3.05) is 20.2 Å². The summed E-state index contributed by atoms with van der Waals surface area (Å²) < 4.78 is 10.8. The molecule has 0 radical (unpaired) electrons. The number of rotatable bonds is 15. The lowest BCUT2D eigenvalue weighted by Crippen LogP contribution is -2.58. The van der Waals surface area contributed by atoms with Crippen LogP contribution in [0.3, 0.4) is 0 Å². The Kier molecular flexibility index (Phi) is 14.8. The standard InChI is InChI=1S/C40H55N5O8/c1-6-15-30(35(47)37(49)42-24-33(46)41-23-28-20-13-14-21-32(28)52-5)43-36(48)31-22-29(26-16-9-7-10-17-26)25-45(31)38(50)34(27-18-11-8-12-19-27)44-39(51)53-40(2,3)4/h7,9-10,13-14,16-17,20-21,27,29-31,34H,6,8,11-12,15,18-19,22-25H2,1-5H3,(H,41,46)(H,42,49)(H,43,48)(H,44,51)/t29-,30?,31?,34+/m1/s1. The molecule has 0 spiro atoms. The smallest absolute Gasteiger partial charge is 0.408 e. The summed E-state index contributed by atoms with van der Waals surface area (Å²) in [6.45, 7) is 7.03. The molecule has 2 aliphatic rings. The normalized spacial score (nSPS) is 18.6. The first-order chi connectivity index (χ1) is 25.3. The van der Waals surface area contributed by atoms with E-state index >= 15 is 0 Å². The van der Waals surface area contributed by atoms with Gasteiger partial charge in [0.15, 0.2) is 0 Å². The lowest BCUT2D eigenvalue weighted by molar-refractivity contribution is -0.143. The second kappa shape index (κ2) is 19.2. The number of methoxy groups -OCH3 is 1. The van der Waals surface area contributed by atoms with Crippen LogP contribution in [-0.2, 0) is 35.3 Å². The van der Waals surface area contributed by atoms with Crippen LogP contribution in [0.4, 0.5) is 4.79 Å². The molecule has 4 rings (SSSR count). The molecular formula is C40H55N5O8. The molecule has 2 unspecified atom stereocenters. The number of ketones is 1. The number of Topliss-reactive ketones (excluding diaryl/α,β-unsaturated/α-hetero) is 1. The predicted octanol–water partition coefficient (Wildman–Crippen LogP) is 4.14. The Labute approximate surface area is 312 Å². The largest absolute Gasteiger partial charge is 0.496 e. The number of likely N-dealkylation sites (tertiary alicyclic amines) is 1. The van der Waals surface area contributed by atoms with Crippen molar-refractivity contribution in [2.45, 2.75) is 115 Å². The number of para-hydroxylation sites is 1. The molecule has 5 amide bonds. The average molecular weight is 734 g/mol. The van der Waals surface area contributed by atoms with Gasteiger partial charge >= 0.3 is 6.09 Å². The van der Waals surface area contributed by atoms with Crippen LogP contribution in [0.1, 0.15) is 96.1 Å². The Morgan fingerprint density at radius 1 is 0.887 bits per heavy atom. The molecule has 1 saturated heterocycles. The van der Waals surface area contributed by atoms with Crippen LogP contribution in [0.2, 0.25) is 0 Å². The average Bonchev–Trinajstić information content (AvgIpc) is 3.60. The van der Waals surface area contributed by atoms with Gasteiger partial charge < -0.3 is 35.6 Å². The number of ether oxygens (including phenoxy) is 2. The predicted molar refractivity (Wildman–Crippen MR) is 199 cm³/mol. The van der Waals surface area contributed by atoms with Gasteiger partial charge in [0.1, 0.15) is 23.4 Å². The van der Waals surface area contributed by atoms with E-state index in [1.54, 1.807) is 32.9 Å². The third kappa shape index (κ3) is 11.8. The number of hydrogen-bond acceptors (Lipinski definition) is 8. The highest BCUT2D eigenvalue weighted by Gasteiger charge is 2.45. The lowest BCUT2D eigenvalue weighted by Gasteiger charge is -2.35. The molecule has 2 fully saturated rings. The third-order valence-electron chi connectivity index (χ3n) is 9.73. The first kappa shape index (κ1) is 40.8. The van der Waals surface area contributed by atoms with E-state index in [2.05, 4.69) is 21.3 Å². The Morgan fingerprint density at radius 2 is 1.57 bits per heavy atom. The van der Waals surface area contributed by atoms with Gasteiger partial charge in [-0.2, -0.15) is 0 Å². The van der Waals surface area contributed by atoms with Gasteiger partial charge in [-0.15, -0.1) is 0 Å². The van der Waals surface area contributed by atoms with E-state index in [-0.39, 0.29) is 43.7 Å². The fourth-order valence-corrected chi connectivity index (χ4v) is 7.09. The van der Waals surface area contributed by atoms with Crippen molar-refractivity contribution >= 4 is 35.5 Å². The highest BCUT2D eigenvalue weighted by molar-refractivity contribution is 6.38. The summed E-state index contributed by atoms with van der Waals surface area (Å²) in [6, 6.07) is 13.7. The van der Waals surface area contributed by atoms with Crippen LogP contribution in [-0.4, -0.2) is 84.3 Å². The summed E-state index contributed by atoms with van der Waals surface area (Å²) in [5.74, 6) is -3.05. The van der Waals surface area contributed by atoms with E-state index in [1.165, 1.54) is 12.0 Å². The third-order valence-corrected chi connectivity index (χ3v) is 9.73. The second-order valence-corrected chi connectivity index (χ2v) is 14.9. The maximum absolute atomic E-state index is 14.5. The monoisotopic (exact) mass is 733 g/mol. The fourth-order valence-electron chi connectivity index (χ4n) is 7.09. The fraction of sp³-hybridized carbons (Fsp3) is 0.550. The van der Waals surface area contributed by atoms with Gasteiger partial charge in [0.2, 0.25) is 23.5 Å². The van der Waals surface area contributed by atoms with Crippen molar-refractivity contribution in [3.05, 3.63) is 65.7 Å². The molecule has 13 heteroatoms. The molecule has 1 aliphatic carbocycles. The van der Waals surface area contributed by atoms with Gasteiger partial charge in [-0.3, -0.25) is 24.0 Å². The summed E-state index contributed by atoms with van der Waals surface area (Å²) in [6.07, 6.45) is 4.63. The summed E-state index contributed by atoms with van der Waals surface area (Å²) in [5, 5.41) is 10.7. The van der Waals surface area contributed by atoms with Crippen molar-refractivity contribution < 1.29 is 38.2 Å². The Hall–Kier alpha value is -4.94. The molecule has 2 aromatic carbocycles. The molecule has 1 heterocycles. The topological polar surface area (TPSA) is 172 Å². The molecule has 0 aromatic heterocycles. The zero-order valence-corrected chi connectivity index (χ0v) is 31.6. The number of nitrogens with one attached hydrogen (secondary N) is 4. The van der Waals surface area contributed by atoms with Crippen LogP contribution in [0.5, 0.6) is 5.75 Å². The molecule has 2 aromatic rings. The number of carbonyl (C=O) groups excluding carboxylic acids is 6. The van der Waals surface area contributed by atoms with E-state index in [4.69, 9.17) is 9.47 Å². The van der Waals surface area contributed by atoms with Crippen molar-refractivity contribution in [1.29, 1.82) is 0 Å². The van der Waals surface area contributed by atoms with Crippen molar-refractivity contribution in [3.8, 4) is 5.75 Å². The highest BCUT2D eigenvalue weighted by atomic mass is 16.6. The van der Waals surface area contributed by atoms with E-state index in [9.17, 15) is 28.8 Å². The number of nitrogens with zero attached hydrogens (tertiary/aromatic N) is 1. The Balaban J connectivity index is 1.48. The van der Waals surface area contributed by atoms with Crippen LogP contribution < -0.4 is 26.0 Å². The minimum absolute atomic E-state index is 0.131. The number of carbonyl (C=O) groups is 6. The van der Waals surface area contributed by atoms with Crippen LogP contribution in [0, 0.1) is 5.92 Å². The molecular weight excluding hydrogens is 678 g/mol. The van der Waals surface area contributed by atoms with Crippen LogP contribution in [0.25, 0.3) is 0 Å². The molecule has 1 aliphatic heterocycles. The molecule has 53 heavy (non-hydrogen) atoms. The van der Waals surface area contributed by atoms with Gasteiger partial charge in [0.25, 0.3) is 5.91 Å². The minimum Gasteiger partial charge on any atom is -0.496 e. The summed E-state index contributed by atoms with van der Waals surface area (Å²) in [7, 11) is 1.53. The SMILES string of the molecule is CCCC(NC(=O)C1C[C@@H](c2ccccc2)CN1C(=O)[C@@H](NC(=O)OC(C)(C)C)C1CCCCC1)C(=O)C(=O)NCC(=O)NCc1ccccc1OC. The van der Waals surface area contributed by atoms with Crippen molar-refractivity contribution in [3.63, 3.8) is 0 Å². The number of benzene rings is 2. The van der Waals surface area contributed by atoms with Gasteiger partial charge in [-0.1, -0.05) is 81.1 Å². The van der Waals surface area contributed by atoms with Crippen LogP contribution in [0.15, 0.2) is 54.6 Å². The van der Waals surface area contributed by atoms with Crippen molar-refractivity contribution in [1.82, 2.24) is 26.2 Å². The van der Waals surface area contributed by atoms with Gasteiger partial charge in [-0.25, -0.2) is 4.79 Å². The quantitative estimate of drug-likeness (QED) is 0.198. The maximum Gasteiger partial charge on any atom is 0.408 e. The Morgan fingerprint density at radius 3 is 2.23 bits per heavy atom. The summed E-state index contributed by atoms with van der Waals surface area (Å²) in [5.41, 5.74) is 0.932. The zero-order valence-electron chi connectivity index (χ0n) is 31.6. The van der Waals surface area contributed by atoms with Crippen molar-refractivity contribution in [2.24, 2.45) is 5.92 Å². The molecule has 13 nitrogen and oxygen atoms in total. The van der Waals surface area contributed by atoms with Gasteiger partial charge in [0, 0.05) is 24.6 Å². The lowest BCUT2D eigenvalue weighted by atomic mass is 9.83. The van der Waals surface area contributed by atoms with E-state index in [1.807, 2.05) is 49.4 Å². The van der Waals surface area contributed by atoms with Gasteiger partial charge in [0.05, 0.1) is 19.7 Å². The van der Waals surface area contributed by atoms with Crippen LogP contribution >= 0.6 is 0 Å². The summed E-state index contributed by atoms with van der Waals surface area (Å²) in [4.78, 5) is 82.1. The minimum atomic E-state index is -1.18. The molecule has 288 valence electrons. The molecule has 4 N–H and O–H groups in total. The second-order valence-electron chi connectivity index (χ2n) is 14.9. The van der Waals surface area contributed by atoms with E-state index in [0.717, 1.165) is 43.2 Å². The van der Waals surface area contributed by atoms with E-state index < -0.39 is 59.9 Å². The maximum atomic E-state index is 14.5. The molecule has 1 saturated carbocycles. The first-order valence-electron chi connectivity index (χ1n) is 18.7.